The van der Waals surface area contributed by atoms with E-state index in [-0.39, 0.29) is 12.4 Å². The topological polar surface area (TPSA) is 149 Å². The average Bonchev–Trinajstić information content (AvgIpc) is 3.55. The molecule has 2 aliphatic rings. The van der Waals surface area contributed by atoms with Crippen LogP contribution in [0.25, 0.3) is 0 Å². The lowest BCUT2D eigenvalue weighted by atomic mass is 9.80. The Balaban J connectivity index is 1.20. The summed E-state index contributed by atoms with van der Waals surface area (Å²) in [6.45, 7) is 0.396. The van der Waals surface area contributed by atoms with Crippen molar-refractivity contribution < 1.29 is 43.1 Å². The van der Waals surface area contributed by atoms with Gasteiger partial charge in [0.25, 0.3) is 5.91 Å². The first kappa shape index (κ1) is 38.7. The maximum Gasteiger partial charge on any atom is 0.351 e. The van der Waals surface area contributed by atoms with E-state index in [0.717, 1.165) is 29.5 Å². The second kappa shape index (κ2) is 17.5. The number of aliphatic hydroxyl groups excluding tert-OH is 1. The summed E-state index contributed by atoms with van der Waals surface area (Å²) in [5, 5.41) is 14.6. The highest BCUT2D eigenvalue weighted by Gasteiger charge is 2.49. The predicted molar refractivity (Wildman–Crippen MR) is 206 cm³/mol. The SMILES string of the molecule is COc1ccc(C(=O)Nc2ccn([C@@H]3O[C@H](COC(c4ccccc4)(c4ccc(OC)cc4)c4ccc(OC)cc4)[C@@H](O)[C@H]3OC3CCCCO3)c(=O)n2)cc1. The van der Waals surface area contributed by atoms with Crippen molar-refractivity contribution in [1.82, 2.24) is 9.55 Å². The molecule has 7 rings (SSSR count). The minimum atomic E-state index is -1.24. The highest BCUT2D eigenvalue weighted by Crippen LogP contribution is 2.43. The Morgan fingerprint density at radius 3 is 1.96 bits per heavy atom. The first-order valence-electron chi connectivity index (χ1n) is 18.5. The molecule has 0 radical (unpaired) electrons. The fraction of sp³-hybridized carbons (Fsp3) is 0.326. The molecule has 1 amide bonds. The van der Waals surface area contributed by atoms with Gasteiger partial charge in [-0.3, -0.25) is 9.36 Å². The summed E-state index contributed by atoms with van der Waals surface area (Å²) in [5.41, 5.74) is 0.884. The number of carbonyl (C=O) groups is 1. The van der Waals surface area contributed by atoms with Gasteiger partial charge in [0.2, 0.25) is 0 Å². The summed E-state index contributed by atoms with van der Waals surface area (Å²) in [5.74, 6) is 1.56. The van der Waals surface area contributed by atoms with Crippen molar-refractivity contribution in [2.45, 2.75) is 55.7 Å². The van der Waals surface area contributed by atoms with Crippen molar-refractivity contribution in [1.29, 1.82) is 0 Å². The smallest absolute Gasteiger partial charge is 0.351 e. The second-order valence-corrected chi connectivity index (χ2v) is 13.5. The molecule has 2 N–H and O–H groups in total. The molecule has 2 aliphatic heterocycles. The molecule has 0 aliphatic carbocycles. The number of hydrogen-bond donors (Lipinski definition) is 2. The molecule has 13 nitrogen and oxygen atoms in total. The molecule has 2 saturated heterocycles. The predicted octanol–water partition coefficient (Wildman–Crippen LogP) is 5.70. The quantitative estimate of drug-likeness (QED) is 0.134. The van der Waals surface area contributed by atoms with Crippen molar-refractivity contribution in [2.24, 2.45) is 0 Å². The Morgan fingerprint density at radius 2 is 1.41 bits per heavy atom. The zero-order valence-corrected chi connectivity index (χ0v) is 31.4. The minimum absolute atomic E-state index is 0.0465. The zero-order valence-electron chi connectivity index (χ0n) is 31.4. The van der Waals surface area contributed by atoms with E-state index in [9.17, 15) is 14.7 Å². The van der Waals surface area contributed by atoms with Crippen LogP contribution in [-0.4, -0.2) is 79.7 Å². The number of hydrogen-bond acceptors (Lipinski definition) is 11. The molecule has 0 spiro atoms. The van der Waals surface area contributed by atoms with E-state index in [0.29, 0.717) is 35.8 Å². The summed E-state index contributed by atoms with van der Waals surface area (Å²) in [6.07, 6.45) is -1.09. The monoisotopic (exact) mass is 763 g/mol. The van der Waals surface area contributed by atoms with Crippen LogP contribution in [0, 0.1) is 0 Å². The van der Waals surface area contributed by atoms with Gasteiger partial charge in [0.05, 0.1) is 27.9 Å². The maximum absolute atomic E-state index is 13.6. The number of carbonyl (C=O) groups excluding carboxylic acids is 1. The highest BCUT2D eigenvalue weighted by molar-refractivity contribution is 6.03. The molecule has 292 valence electrons. The normalized spacial score (nSPS) is 21.0. The number of anilines is 1. The third-order valence-corrected chi connectivity index (χ3v) is 10.1. The van der Waals surface area contributed by atoms with Crippen LogP contribution in [0.4, 0.5) is 5.82 Å². The van der Waals surface area contributed by atoms with Crippen LogP contribution < -0.4 is 25.2 Å². The molecule has 2 fully saturated rings. The van der Waals surface area contributed by atoms with E-state index in [2.05, 4.69) is 10.3 Å². The molecule has 1 aromatic heterocycles. The molecular formula is C43H45N3O10. The van der Waals surface area contributed by atoms with E-state index in [1.165, 1.54) is 23.9 Å². The van der Waals surface area contributed by atoms with Crippen LogP contribution in [0.5, 0.6) is 17.2 Å². The van der Waals surface area contributed by atoms with Crippen molar-refractivity contribution in [3.05, 3.63) is 148 Å². The molecule has 5 aromatic rings. The van der Waals surface area contributed by atoms with Crippen LogP contribution in [0.15, 0.2) is 120 Å². The van der Waals surface area contributed by atoms with Crippen LogP contribution in [0.2, 0.25) is 0 Å². The maximum atomic E-state index is 13.6. The van der Waals surface area contributed by atoms with Gasteiger partial charge in [-0.05, 0) is 90.6 Å². The van der Waals surface area contributed by atoms with Gasteiger partial charge in [0, 0.05) is 18.4 Å². The number of nitrogens with one attached hydrogen (secondary N) is 1. The van der Waals surface area contributed by atoms with Gasteiger partial charge >= 0.3 is 5.69 Å². The summed E-state index contributed by atoms with van der Waals surface area (Å²) in [4.78, 5) is 30.7. The van der Waals surface area contributed by atoms with Crippen LogP contribution in [0.3, 0.4) is 0 Å². The summed E-state index contributed by atoms with van der Waals surface area (Å²) >= 11 is 0. The molecule has 3 heterocycles. The van der Waals surface area contributed by atoms with Gasteiger partial charge in [-0.15, -0.1) is 0 Å². The lowest BCUT2D eigenvalue weighted by Gasteiger charge is -2.37. The third-order valence-electron chi connectivity index (χ3n) is 10.1. The number of amides is 1. The largest absolute Gasteiger partial charge is 0.497 e. The number of nitrogens with zero attached hydrogens (tertiary/aromatic N) is 2. The third kappa shape index (κ3) is 8.18. The number of aromatic nitrogens is 2. The number of methoxy groups -OCH3 is 3. The first-order valence-corrected chi connectivity index (χ1v) is 18.5. The number of benzene rings is 4. The van der Waals surface area contributed by atoms with Crippen LogP contribution in [0.1, 0.15) is 52.5 Å². The van der Waals surface area contributed by atoms with E-state index in [4.69, 9.17) is 33.2 Å². The Labute approximate surface area is 324 Å². The van der Waals surface area contributed by atoms with E-state index in [1.54, 1.807) is 38.5 Å². The second-order valence-electron chi connectivity index (χ2n) is 13.5. The van der Waals surface area contributed by atoms with E-state index >= 15 is 0 Å². The number of aliphatic hydroxyl groups is 1. The summed E-state index contributed by atoms with van der Waals surface area (Å²) in [6, 6.07) is 33.0. The average molecular weight is 764 g/mol. The van der Waals surface area contributed by atoms with E-state index < -0.39 is 48.0 Å². The van der Waals surface area contributed by atoms with Gasteiger partial charge in [0.1, 0.15) is 47.0 Å². The summed E-state index contributed by atoms with van der Waals surface area (Å²) in [7, 11) is 4.76. The van der Waals surface area contributed by atoms with Crippen molar-refractivity contribution in [3.63, 3.8) is 0 Å². The van der Waals surface area contributed by atoms with E-state index in [1.807, 2.05) is 78.9 Å². The zero-order chi connectivity index (χ0) is 39.1. The molecule has 13 heteroatoms. The molecular weight excluding hydrogens is 718 g/mol. The standard InChI is InChI=1S/C43H45N3O10/c1-50-32-18-12-28(13-19-32)40(48)44-36-24-25-46(42(49)45-36)41-39(56-37-11-7-8-26-53-37)38(47)35(55-41)27-54-43(29-9-5-4-6-10-29,30-14-20-33(51-2)21-15-30)31-16-22-34(52-3)23-17-31/h4-6,9-10,12-25,35,37-39,41,47H,7-8,11,26-27H2,1-3H3,(H,44,45,48,49)/t35-,37?,38-,39-,41-/m1/s1. The first-order chi connectivity index (χ1) is 27.3. The van der Waals surface area contributed by atoms with Gasteiger partial charge in [-0.25, -0.2) is 4.79 Å². The Hall–Kier alpha value is -5.57. The van der Waals surface area contributed by atoms with Crippen LogP contribution >= 0.6 is 0 Å². The number of ether oxygens (including phenoxy) is 7. The minimum Gasteiger partial charge on any atom is -0.497 e. The van der Waals surface area contributed by atoms with Gasteiger partial charge in [-0.2, -0.15) is 4.98 Å². The molecule has 4 aromatic carbocycles. The molecule has 5 atom stereocenters. The molecule has 0 saturated carbocycles. The summed E-state index contributed by atoms with van der Waals surface area (Å²) < 4.78 is 43.2. The lowest BCUT2D eigenvalue weighted by molar-refractivity contribution is -0.215. The van der Waals surface area contributed by atoms with Crippen molar-refractivity contribution >= 4 is 11.7 Å². The number of rotatable bonds is 14. The van der Waals surface area contributed by atoms with Gasteiger partial charge < -0.3 is 43.6 Å². The van der Waals surface area contributed by atoms with Gasteiger partial charge in [-0.1, -0.05) is 54.6 Å². The van der Waals surface area contributed by atoms with Crippen molar-refractivity contribution in [2.75, 3.05) is 39.9 Å². The Morgan fingerprint density at radius 1 is 0.821 bits per heavy atom. The Kier molecular flexibility index (Phi) is 12.1. The van der Waals surface area contributed by atoms with Crippen molar-refractivity contribution in [3.8, 4) is 17.2 Å². The Bertz CT molecular complexity index is 2060. The fourth-order valence-electron chi connectivity index (χ4n) is 7.11. The molecule has 0 bridgehead atoms. The molecule has 1 unspecified atom stereocenters. The fourth-order valence-corrected chi connectivity index (χ4v) is 7.11. The molecule has 56 heavy (non-hydrogen) atoms. The highest BCUT2D eigenvalue weighted by atomic mass is 16.7. The van der Waals surface area contributed by atoms with Crippen LogP contribution in [-0.2, 0) is 24.5 Å². The van der Waals surface area contributed by atoms with Gasteiger partial charge in [0.15, 0.2) is 12.5 Å². The lowest BCUT2D eigenvalue weighted by Crippen LogP contribution is -2.42.